The molecule has 3 N–H and O–H groups in total. The van der Waals surface area contributed by atoms with Gasteiger partial charge in [0.2, 0.25) is 5.54 Å². The van der Waals surface area contributed by atoms with Crippen LogP contribution < -0.4 is 10.6 Å². The molecule has 3 atom stereocenters. The van der Waals surface area contributed by atoms with Crippen molar-refractivity contribution in [3.05, 3.63) is 59.7 Å². The average Bonchev–Trinajstić information content (AvgIpc) is 3.39. The lowest BCUT2D eigenvalue weighted by molar-refractivity contribution is -0.208. The van der Waals surface area contributed by atoms with Gasteiger partial charge in [-0.15, -0.1) is 0 Å². The van der Waals surface area contributed by atoms with Gasteiger partial charge < -0.3 is 25.2 Å². The maximum atomic E-state index is 13.2. The zero-order valence-electron chi connectivity index (χ0n) is 18.6. The zero-order valence-corrected chi connectivity index (χ0v) is 18.6. The van der Waals surface area contributed by atoms with Crippen LogP contribution in [0.5, 0.6) is 0 Å². The van der Waals surface area contributed by atoms with Crippen LogP contribution in [0, 0.1) is 0 Å². The van der Waals surface area contributed by atoms with Crippen molar-refractivity contribution in [2.24, 2.45) is 0 Å². The van der Waals surface area contributed by atoms with Gasteiger partial charge in [0, 0.05) is 12.5 Å². The highest BCUT2D eigenvalue weighted by atomic mass is 19.4. The zero-order chi connectivity index (χ0) is 25.4. The molecule has 0 radical (unpaired) electrons. The van der Waals surface area contributed by atoms with Gasteiger partial charge in [0.25, 0.3) is 5.91 Å². The topological polar surface area (TPSA) is 114 Å². The lowest BCUT2D eigenvalue weighted by atomic mass is 9.98. The SMILES string of the molecule is CC(NC(=O)[C@H]1OCC[C@H]1NC(=O)OCC1c2ccccc2-c2ccccc21)(C(=O)O)C(F)(F)F. The van der Waals surface area contributed by atoms with Crippen LogP contribution in [-0.2, 0) is 19.1 Å². The van der Waals surface area contributed by atoms with Crippen LogP contribution in [0.2, 0.25) is 0 Å². The fourth-order valence-corrected chi connectivity index (χ4v) is 4.35. The predicted molar refractivity (Wildman–Crippen MR) is 117 cm³/mol. The summed E-state index contributed by atoms with van der Waals surface area (Å²) in [4.78, 5) is 36.2. The van der Waals surface area contributed by atoms with Crippen LogP contribution in [0.25, 0.3) is 11.1 Å². The van der Waals surface area contributed by atoms with E-state index in [9.17, 15) is 27.6 Å². The minimum Gasteiger partial charge on any atom is -0.479 e. The highest BCUT2D eigenvalue weighted by Crippen LogP contribution is 2.44. The first-order valence-corrected chi connectivity index (χ1v) is 10.9. The van der Waals surface area contributed by atoms with E-state index in [0.29, 0.717) is 6.92 Å². The number of carbonyl (C=O) groups is 3. The summed E-state index contributed by atoms with van der Waals surface area (Å²) in [5.74, 6) is -3.76. The van der Waals surface area contributed by atoms with E-state index in [2.05, 4.69) is 5.32 Å². The van der Waals surface area contributed by atoms with Crippen molar-refractivity contribution in [1.29, 1.82) is 0 Å². The number of alkyl carbamates (subject to hydrolysis) is 1. The van der Waals surface area contributed by atoms with E-state index < -0.39 is 41.8 Å². The van der Waals surface area contributed by atoms with Crippen LogP contribution in [0.3, 0.4) is 0 Å². The van der Waals surface area contributed by atoms with E-state index in [1.807, 2.05) is 48.5 Å². The summed E-state index contributed by atoms with van der Waals surface area (Å²) in [6.45, 7) is 0.341. The predicted octanol–water partition coefficient (Wildman–Crippen LogP) is 3.20. The van der Waals surface area contributed by atoms with Crippen molar-refractivity contribution >= 4 is 18.0 Å². The molecule has 1 aliphatic heterocycles. The standard InChI is InChI=1S/C24H23F3N2O6/c1-23(21(31)32,24(25,26)27)29-20(30)19-18(10-11-34-19)28-22(33)35-12-17-15-8-4-2-6-13(15)14-7-3-5-9-16(14)17/h2-9,17-19H,10-12H2,1H3,(H,28,33)(H,29,30)(H,31,32)/t18-,19+,23?/m1/s1. The fourth-order valence-electron chi connectivity index (χ4n) is 4.35. The molecule has 0 aromatic heterocycles. The monoisotopic (exact) mass is 492 g/mol. The summed E-state index contributed by atoms with van der Waals surface area (Å²) in [5, 5.41) is 13.0. The van der Waals surface area contributed by atoms with Crippen LogP contribution in [0.15, 0.2) is 48.5 Å². The van der Waals surface area contributed by atoms with Gasteiger partial charge in [-0.3, -0.25) is 4.79 Å². The van der Waals surface area contributed by atoms with Crippen LogP contribution in [0.1, 0.15) is 30.4 Å². The first-order chi connectivity index (χ1) is 16.5. The number of aliphatic carboxylic acids is 1. The number of nitrogens with one attached hydrogen (secondary N) is 2. The van der Waals surface area contributed by atoms with E-state index in [0.717, 1.165) is 22.3 Å². The van der Waals surface area contributed by atoms with Gasteiger partial charge in [-0.1, -0.05) is 48.5 Å². The molecular formula is C24H23F3N2O6. The molecule has 0 bridgehead atoms. The van der Waals surface area contributed by atoms with Crippen LogP contribution in [-0.4, -0.2) is 60.2 Å². The van der Waals surface area contributed by atoms with Crippen molar-refractivity contribution in [1.82, 2.24) is 10.6 Å². The van der Waals surface area contributed by atoms with Gasteiger partial charge in [-0.2, -0.15) is 13.2 Å². The Bertz CT molecular complexity index is 1110. The molecule has 2 aromatic carbocycles. The van der Waals surface area contributed by atoms with E-state index >= 15 is 0 Å². The van der Waals surface area contributed by atoms with Gasteiger partial charge in [-0.25, -0.2) is 9.59 Å². The average molecular weight is 492 g/mol. The largest absolute Gasteiger partial charge is 0.479 e. The Morgan fingerprint density at radius 2 is 1.63 bits per heavy atom. The minimum absolute atomic E-state index is 0.00938. The number of carbonyl (C=O) groups excluding carboxylic acids is 2. The number of ether oxygens (including phenoxy) is 2. The Hall–Kier alpha value is -3.60. The number of hydrogen-bond acceptors (Lipinski definition) is 5. The quantitative estimate of drug-likeness (QED) is 0.571. The van der Waals surface area contributed by atoms with Crippen LogP contribution in [0.4, 0.5) is 18.0 Å². The van der Waals surface area contributed by atoms with Gasteiger partial charge in [0.15, 0.2) is 6.10 Å². The molecule has 186 valence electrons. The molecule has 2 amide bonds. The maximum absolute atomic E-state index is 13.2. The highest BCUT2D eigenvalue weighted by molar-refractivity contribution is 5.90. The molecule has 2 aliphatic rings. The lowest BCUT2D eigenvalue weighted by Crippen LogP contribution is -2.64. The lowest BCUT2D eigenvalue weighted by Gasteiger charge is -2.30. The second-order valence-corrected chi connectivity index (χ2v) is 8.57. The summed E-state index contributed by atoms with van der Waals surface area (Å²) < 4.78 is 50.3. The number of halogens is 3. The number of carboxylic acid groups (broad SMARTS) is 1. The third-order valence-corrected chi connectivity index (χ3v) is 6.36. The van der Waals surface area contributed by atoms with E-state index in [-0.39, 0.29) is 25.6 Å². The van der Waals surface area contributed by atoms with Crippen molar-refractivity contribution in [3.8, 4) is 11.1 Å². The van der Waals surface area contributed by atoms with Gasteiger partial charge >= 0.3 is 18.2 Å². The molecule has 11 heteroatoms. The molecule has 8 nitrogen and oxygen atoms in total. The fraction of sp³-hybridized carbons (Fsp3) is 0.375. The summed E-state index contributed by atoms with van der Waals surface area (Å²) >= 11 is 0. The third kappa shape index (κ3) is 4.55. The first kappa shape index (κ1) is 24.5. The normalized spacial score (nSPS) is 20.9. The molecule has 2 aromatic rings. The number of fused-ring (bicyclic) bond motifs is 3. The minimum atomic E-state index is -5.25. The van der Waals surface area contributed by atoms with E-state index in [1.165, 1.54) is 5.32 Å². The first-order valence-electron chi connectivity index (χ1n) is 10.9. The summed E-state index contributed by atoms with van der Waals surface area (Å²) in [7, 11) is 0. The molecule has 0 spiro atoms. The Balaban J connectivity index is 1.40. The summed E-state index contributed by atoms with van der Waals surface area (Å²) in [6, 6.07) is 14.5. The Morgan fingerprint density at radius 3 is 2.17 bits per heavy atom. The number of benzene rings is 2. The Kier molecular flexibility index (Phi) is 6.46. The smallest absolute Gasteiger partial charge is 0.422 e. The van der Waals surface area contributed by atoms with E-state index in [1.54, 1.807) is 0 Å². The van der Waals surface area contributed by atoms with E-state index in [4.69, 9.17) is 14.6 Å². The molecule has 1 fully saturated rings. The number of rotatable bonds is 6. The van der Waals surface area contributed by atoms with Gasteiger partial charge in [-0.05, 0) is 35.6 Å². The second kappa shape index (κ2) is 9.21. The van der Waals surface area contributed by atoms with Crippen LogP contribution >= 0.6 is 0 Å². The molecule has 1 heterocycles. The number of carboxylic acids is 1. The third-order valence-electron chi connectivity index (χ3n) is 6.36. The summed E-state index contributed by atoms with van der Waals surface area (Å²) in [6.07, 6.45) is -7.48. The second-order valence-electron chi connectivity index (χ2n) is 8.57. The van der Waals surface area contributed by atoms with Crippen molar-refractivity contribution in [2.45, 2.75) is 43.1 Å². The molecule has 1 saturated heterocycles. The highest BCUT2D eigenvalue weighted by Gasteiger charge is 2.59. The van der Waals surface area contributed by atoms with Gasteiger partial charge in [0.05, 0.1) is 6.04 Å². The summed E-state index contributed by atoms with van der Waals surface area (Å²) in [5.41, 5.74) is 0.587. The number of hydrogen-bond donors (Lipinski definition) is 3. The van der Waals surface area contributed by atoms with Crippen molar-refractivity contribution < 1.29 is 42.1 Å². The molecule has 1 unspecified atom stereocenters. The van der Waals surface area contributed by atoms with Crippen molar-refractivity contribution in [2.75, 3.05) is 13.2 Å². The Morgan fingerprint density at radius 1 is 1.06 bits per heavy atom. The van der Waals surface area contributed by atoms with Crippen molar-refractivity contribution in [3.63, 3.8) is 0 Å². The Labute approximate surface area is 198 Å². The van der Waals surface area contributed by atoms with Gasteiger partial charge in [0.1, 0.15) is 6.61 Å². The number of alkyl halides is 3. The molecule has 35 heavy (non-hydrogen) atoms. The molecular weight excluding hydrogens is 469 g/mol. The molecule has 4 rings (SSSR count). The number of amides is 2. The maximum Gasteiger partial charge on any atom is 0.422 e. The molecule has 0 saturated carbocycles. The molecule has 1 aliphatic carbocycles.